The van der Waals surface area contributed by atoms with Gasteiger partial charge in [0.15, 0.2) is 5.65 Å². The lowest BCUT2D eigenvalue weighted by Crippen LogP contribution is -2.44. The van der Waals surface area contributed by atoms with Crippen molar-refractivity contribution in [2.45, 2.75) is 39.7 Å². The van der Waals surface area contributed by atoms with Gasteiger partial charge in [-0.05, 0) is 80.7 Å². The topological polar surface area (TPSA) is 69.0 Å². The maximum absolute atomic E-state index is 13.0. The van der Waals surface area contributed by atoms with Gasteiger partial charge in [-0.1, -0.05) is 20.8 Å². The Morgan fingerprint density at radius 2 is 1.86 bits per heavy atom. The fourth-order valence-electron chi connectivity index (χ4n) is 5.24. The Balaban J connectivity index is 1.29. The second-order valence-corrected chi connectivity index (χ2v) is 11.0. The van der Waals surface area contributed by atoms with E-state index in [9.17, 15) is 4.79 Å². The summed E-state index contributed by atoms with van der Waals surface area (Å²) in [6.07, 6.45) is 3.98. The summed E-state index contributed by atoms with van der Waals surface area (Å²) < 4.78 is 1.84. The van der Waals surface area contributed by atoms with E-state index in [2.05, 4.69) is 54.1 Å². The Labute approximate surface area is 207 Å². The maximum Gasteiger partial charge on any atom is 0.253 e. The van der Waals surface area contributed by atoms with Gasteiger partial charge in [-0.25, -0.2) is 4.52 Å². The quantitative estimate of drug-likeness (QED) is 0.599. The van der Waals surface area contributed by atoms with Crippen LogP contribution in [0.1, 0.15) is 44.0 Å². The number of nitrogens with zero attached hydrogens (tertiary/aromatic N) is 6. The zero-order chi connectivity index (χ0) is 24.7. The van der Waals surface area contributed by atoms with Gasteiger partial charge in [0.2, 0.25) is 5.95 Å². The van der Waals surface area contributed by atoms with E-state index >= 15 is 0 Å². The van der Waals surface area contributed by atoms with Gasteiger partial charge in [-0.3, -0.25) is 4.79 Å². The third-order valence-electron chi connectivity index (χ3n) is 8.05. The molecule has 1 N–H and O–H groups in total. The number of pyridine rings is 1. The molecule has 2 saturated heterocycles. The minimum atomic E-state index is 0.0735. The summed E-state index contributed by atoms with van der Waals surface area (Å²) in [7, 11) is 4.06. The van der Waals surface area contributed by atoms with Gasteiger partial charge in [-0.2, -0.15) is 4.98 Å². The van der Waals surface area contributed by atoms with Gasteiger partial charge < -0.3 is 20.0 Å². The Kier molecular flexibility index (Phi) is 6.17. The van der Waals surface area contributed by atoms with Crippen LogP contribution in [0.2, 0.25) is 0 Å². The van der Waals surface area contributed by atoms with E-state index in [1.165, 1.54) is 0 Å². The number of hydrogen-bond donors (Lipinski definition) is 1. The molecule has 35 heavy (non-hydrogen) atoms. The number of hydrogen-bond acceptors (Lipinski definition) is 6. The van der Waals surface area contributed by atoms with E-state index in [0.717, 1.165) is 56.0 Å². The van der Waals surface area contributed by atoms with Crippen LogP contribution in [0.5, 0.6) is 0 Å². The molecule has 2 aliphatic rings. The summed E-state index contributed by atoms with van der Waals surface area (Å²) in [6, 6.07) is 12.1. The molecule has 2 fully saturated rings. The molecule has 3 aromatic rings. The molecule has 4 heterocycles. The van der Waals surface area contributed by atoms with E-state index in [-0.39, 0.29) is 11.3 Å². The Hall–Kier alpha value is -3.13. The van der Waals surface area contributed by atoms with Gasteiger partial charge in [0.05, 0.1) is 5.69 Å². The van der Waals surface area contributed by atoms with Gasteiger partial charge in [0, 0.05) is 43.6 Å². The first-order valence-corrected chi connectivity index (χ1v) is 12.6. The molecular formula is C27H37N7O. The first-order chi connectivity index (χ1) is 16.7. The minimum Gasteiger partial charge on any atom is -0.368 e. The molecule has 1 unspecified atom stereocenters. The molecule has 0 bridgehead atoms. The number of carbonyl (C=O) groups is 1. The smallest absolute Gasteiger partial charge is 0.253 e. The third-order valence-corrected chi connectivity index (χ3v) is 8.05. The molecule has 186 valence electrons. The lowest BCUT2D eigenvalue weighted by Gasteiger charge is -2.35. The number of aromatic nitrogens is 3. The standard InChI is InChI=1S/C27H37N7O/c1-19-17-33(18-27(19,2)3)23-7-6-14-34-24(23)29-26(30-34)28-21-10-8-20(9-11-21)25(35)32(5)22-12-15-31(4)16-13-22/h6-11,14,19,22H,12-13,15-18H2,1-5H3,(H,28,30). The summed E-state index contributed by atoms with van der Waals surface area (Å²) >= 11 is 0. The van der Waals surface area contributed by atoms with Crippen LogP contribution in [0, 0.1) is 11.3 Å². The molecule has 8 heteroatoms. The number of carbonyl (C=O) groups excluding carboxylic acids is 1. The van der Waals surface area contributed by atoms with Crippen LogP contribution >= 0.6 is 0 Å². The van der Waals surface area contributed by atoms with Crippen LogP contribution < -0.4 is 10.2 Å². The van der Waals surface area contributed by atoms with Crippen LogP contribution in [0.25, 0.3) is 5.65 Å². The van der Waals surface area contributed by atoms with Crippen molar-refractivity contribution in [1.29, 1.82) is 0 Å². The fourth-order valence-corrected chi connectivity index (χ4v) is 5.24. The summed E-state index contributed by atoms with van der Waals surface area (Å²) in [6.45, 7) is 11.1. The van der Waals surface area contributed by atoms with Crippen molar-refractivity contribution in [2.75, 3.05) is 50.5 Å². The van der Waals surface area contributed by atoms with Crippen molar-refractivity contribution in [3.8, 4) is 0 Å². The molecule has 0 aliphatic carbocycles. The number of benzene rings is 1. The summed E-state index contributed by atoms with van der Waals surface area (Å²) in [5.74, 6) is 1.24. The highest BCUT2D eigenvalue weighted by Gasteiger charge is 2.37. The summed E-state index contributed by atoms with van der Waals surface area (Å²) in [5.41, 5.74) is 3.80. The largest absolute Gasteiger partial charge is 0.368 e. The average Bonchev–Trinajstić information content (AvgIpc) is 3.37. The zero-order valence-corrected chi connectivity index (χ0v) is 21.5. The molecule has 1 atom stereocenters. The zero-order valence-electron chi connectivity index (χ0n) is 21.5. The number of piperidine rings is 1. The molecular weight excluding hydrogens is 438 g/mol. The second-order valence-electron chi connectivity index (χ2n) is 11.0. The van der Waals surface area contributed by atoms with E-state index in [4.69, 9.17) is 4.98 Å². The summed E-state index contributed by atoms with van der Waals surface area (Å²) in [5, 5.41) is 7.94. The number of rotatable bonds is 5. The van der Waals surface area contributed by atoms with Crippen molar-refractivity contribution >= 4 is 28.9 Å². The summed E-state index contributed by atoms with van der Waals surface area (Å²) in [4.78, 5) is 24.4. The fraction of sp³-hybridized carbons (Fsp3) is 0.519. The molecule has 0 spiro atoms. The lowest BCUT2D eigenvalue weighted by atomic mass is 9.84. The average molecular weight is 476 g/mol. The second kappa shape index (κ2) is 9.15. The number of fused-ring (bicyclic) bond motifs is 1. The van der Waals surface area contributed by atoms with Crippen LogP contribution in [-0.2, 0) is 0 Å². The highest BCUT2D eigenvalue weighted by molar-refractivity contribution is 5.94. The maximum atomic E-state index is 13.0. The van der Waals surface area contributed by atoms with E-state index < -0.39 is 0 Å². The molecule has 2 aromatic heterocycles. The Morgan fingerprint density at radius 3 is 2.51 bits per heavy atom. The monoisotopic (exact) mass is 475 g/mol. The number of amides is 1. The lowest BCUT2D eigenvalue weighted by molar-refractivity contribution is 0.0659. The van der Waals surface area contributed by atoms with Crippen molar-refractivity contribution in [3.05, 3.63) is 48.2 Å². The van der Waals surface area contributed by atoms with Crippen molar-refractivity contribution in [1.82, 2.24) is 24.4 Å². The third kappa shape index (κ3) is 4.72. The van der Waals surface area contributed by atoms with E-state index in [1.54, 1.807) is 0 Å². The molecule has 0 radical (unpaired) electrons. The normalized spacial score (nSPS) is 20.9. The van der Waals surface area contributed by atoms with Crippen LogP contribution in [0.15, 0.2) is 42.6 Å². The number of likely N-dealkylation sites (tertiary alicyclic amines) is 1. The van der Waals surface area contributed by atoms with E-state index in [0.29, 0.717) is 23.5 Å². The first-order valence-electron chi connectivity index (χ1n) is 12.6. The number of nitrogens with one attached hydrogen (secondary N) is 1. The van der Waals surface area contributed by atoms with Crippen LogP contribution in [0.3, 0.4) is 0 Å². The van der Waals surface area contributed by atoms with Gasteiger partial charge in [0.1, 0.15) is 0 Å². The SMILES string of the molecule is CC1CN(c2cccn3nc(Nc4ccc(C(=O)N(C)C5CCN(C)CC5)cc4)nc23)CC1(C)C. The molecule has 0 saturated carbocycles. The van der Waals surface area contributed by atoms with Gasteiger partial charge >= 0.3 is 0 Å². The van der Waals surface area contributed by atoms with Crippen LogP contribution in [0.4, 0.5) is 17.3 Å². The Morgan fingerprint density at radius 1 is 1.14 bits per heavy atom. The van der Waals surface area contributed by atoms with Gasteiger partial charge in [0.25, 0.3) is 5.91 Å². The van der Waals surface area contributed by atoms with Crippen molar-refractivity contribution < 1.29 is 4.79 Å². The molecule has 1 aromatic carbocycles. The van der Waals surface area contributed by atoms with E-state index in [1.807, 2.05) is 53.0 Å². The molecule has 2 aliphatic heterocycles. The predicted molar refractivity (Wildman–Crippen MR) is 140 cm³/mol. The van der Waals surface area contributed by atoms with Crippen LogP contribution in [-0.4, -0.2) is 76.6 Å². The predicted octanol–water partition coefficient (Wildman–Crippen LogP) is 4.12. The Bertz CT molecular complexity index is 1190. The molecule has 1 amide bonds. The molecule has 8 nitrogen and oxygen atoms in total. The number of anilines is 3. The minimum absolute atomic E-state index is 0.0735. The van der Waals surface area contributed by atoms with Crippen molar-refractivity contribution in [2.24, 2.45) is 11.3 Å². The van der Waals surface area contributed by atoms with Gasteiger partial charge in [-0.15, -0.1) is 5.10 Å². The molecule has 5 rings (SSSR count). The first kappa shape index (κ1) is 23.6. The highest BCUT2D eigenvalue weighted by atomic mass is 16.2. The van der Waals surface area contributed by atoms with Crippen molar-refractivity contribution in [3.63, 3.8) is 0 Å². The highest BCUT2D eigenvalue weighted by Crippen LogP contribution is 2.38.